The Balaban J connectivity index is 1.70. The second-order valence-electron chi connectivity index (χ2n) is 8.10. The molecule has 1 aromatic carbocycles. The Morgan fingerprint density at radius 2 is 1.94 bits per heavy atom. The third-order valence-corrected chi connectivity index (χ3v) is 5.00. The summed E-state index contributed by atoms with van der Waals surface area (Å²) >= 11 is 0. The van der Waals surface area contributed by atoms with Crippen molar-refractivity contribution in [2.75, 3.05) is 24.9 Å². The number of carbonyl (C=O) groups excluding carboxylic acids is 2. The summed E-state index contributed by atoms with van der Waals surface area (Å²) in [6.07, 6.45) is 1.62. The lowest BCUT2D eigenvalue weighted by atomic mass is 9.49. The molecule has 3 aromatic rings. The summed E-state index contributed by atoms with van der Waals surface area (Å²) in [6, 6.07) is 6.60. The van der Waals surface area contributed by atoms with Crippen LogP contribution in [0.5, 0.6) is 5.75 Å². The van der Waals surface area contributed by atoms with Crippen LogP contribution in [-0.2, 0) is 16.1 Å². The number of carbonyl (C=O) groups is 2. The van der Waals surface area contributed by atoms with Gasteiger partial charge in [-0.25, -0.2) is 0 Å². The van der Waals surface area contributed by atoms with Gasteiger partial charge in [0, 0.05) is 19.1 Å². The zero-order valence-electron chi connectivity index (χ0n) is 19.6. The molecule has 1 saturated carbocycles. The maximum absolute atomic E-state index is 12.8. The monoisotopic (exact) mass is 483 g/mol. The van der Waals surface area contributed by atoms with Crippen LogP contribution < -0.4 is 20.7 Å². The Bertz CT molecular complexity index is 1280. The smallest absolute Gasteiger partial charge is 0.272 e. The molecule has 0 saturated heterocycles. The molecule has 12 nitrogen and oxygen atoms in total. The van der Waals surface area contributed by atoms with E-state index < -0.39 is 11.1 Å². The van der Waals surface area contributed by atoms with Crippen molar-refractivity contribution in [3.05, 3.63) is 35.9 Å². The SMILES string of the molecule is [B]C([B])([B])NC(=O)c1nnc(NC(=O)C2CC2)cc1Nc1cccc(-c2noc(COC)n2)c1OC. The van der Waals surface area contributed by atoms with Gasteiger partial charge < -0.3 is 29.9 Å². The molecule has 2 aromatic heterocycles. The molecule has 0 atom stereocenters. The van der Waals surface area contributed by atoms with Gasteiger partial charge in [0.15, 0.2) is 17.3 Å². The number of amides is 2. The van der Waals surface area contributed by atoms with Crippen molar-refractivity contribution in [1.29, 1.82) is 0 Å². The van der Waals surface area contributed by atoms with E-state index in [2.05, 4.69) is 36.3 Å². The molecule has 0 unspecified atom stereocenters. The van der Waals surface area contributed by atoms with Crippen molar-refractivity contribution >= 4 is 52.5 Å². The Labute approximate surface area is 210 Å². The van der Waals surface area contributed by atoms with E-state index in [1.807, 2.05) is 0 Å². The van der Waals surface area contributed by atoms with Crippen molar-refractivity contribution in [2.24, 2.45) is 5.92 Å². The average Bonchev–Trinajstić information content (AvgIpc) is 3.57. The molecule has 3 N–H and O–H groups in total. The molecule has 2 amide bonds. The largest absolute Gasteiger partial charge is 0.494 e. The topological polar surface area (TPSA) is 153 Å². The van der Waals surface area contributed by atoms with Crippen LogP contribution in [-0.4, -0.2) is 75.1 Å². The highest BCUT2D eigenvalue weighted by molar-refractivity contribution is 6.60. The lowest BCUT2D eigenvalue weighted by molar-refractivity contribution is -0.117. The van der Waals surface area contributed by atoms with Gasteiger partial charge in [-0.15, -0.1) is 10.2 Å². The third kappa shape index (κ3) is 6.03. The van der Waals surface area contributed by atoms with Crippen LogP contribution in [0.2, 0.25) is 0 Å². The molecule has 1 aliphatic carbocycles. The number of para-hydroxylation sites is 1. The van der Waals surface area contributed by atoms with E-state index in [9.17, 15) is 9.59 Å². The molecule has 0 bridgehead atoms. The first-order chi connectivity index (χ1) is 17.2. The molecule has 15 heteroatoms. The fraction of sp³-hybridized carbons (Fsp3) is 0.333. The summed E-state index contributed by atoms with van der Waals surface area (Å²) in [5.74, 6) is 0.00650. The highest BCUT2D eigenvalue weighted by Crippen LogP contribution is 2.37. The molecule has 178 valence electrons. The number of anilines is 3. The standard InChI is InChI=1S/C21H20B3N7O5/c1-34-9-15-27-18(31-36-15)11-4-3-5-12(17(11)35-2)25-13-8-14(26-19(32)10-6-7-10)29-30-16(13)20(33)28-21(22,23)24/h3-5,8,10H,6-7,9H2,1-2H3,(H,28,33)(H2,25,26,29,32). The number of hydrogen-bond acceptors (Lipinski definition) is 10. The van der Waals surface area contributed by atoms with Gasteiger partial charge in [-0.2, -0.15) is 4.98 Å². The summed E-state index contributed by atoms with van der Waals surface area (Å²) in [4.78, 5) is 29.3. The van der Waals surface area contributed by atoms with Crippen LogP contribution in [0.15, 0.2) is 28.8 Å². The molecule has 6 radical (unpaired) electrons. The van der Waals surface area contributed by atoms with E-state index in [0.717, 1.165) is 12.8 Å². The second kappa shape index (κ2) is 10.4. The summed E-state index contributed by atoms with van der Waals surface area (Å²) in [5, 5.41) is 17.9. The van der Waals surface area contributed by atoms with Gasteiger partial charge in [0.2, 0.25) is 11.7 Å². The molecule has 36 heavy (non-hydrogen) atoms. The van der Waals surface area contributed by atoms with E-state index in [4.69, 9.17) is 37.5 Å². The van der Waals surface area contributed by atoms with E-state index in [1.165, 1.54) is 20.3 Å². The van der Waals surface area contributed by atoms with Crippen molar-refractivity contribution in [3.63, 3.8) is 0 Å². The van der Waals surface area contributed by atoms with Crippen LogP contribution in [0.3, 0.4) is 0 Å². The van der Waals surface area contributed by atoms with E-state index in [-0.39, 0.29) is 47.3 Å². The number of benzene rings is 1. The quantitative estimate of drug-likeness (QED) is 0.350. The zero-order chi connectivity index (χ0) is 25.9. The first-order valence-electron chi connectivity index (χ1n) is 10.8. The molecule has 4 rings (SSSR count). The number of nitrogens with zero attached hydrogens (tertiary/aromatic N) is 4. The van der Waals surface area contributed by atoms with Gasteiger partial charge in [0.1, 0.15) is 6.61 Å². The minimum atomic E-state index is -2.00. The zero-order valence-corrected chi connectivity index (χ0v) is 19.6. The minimum Gasteiger partial charge on any atom is -0.494 e. The Hall–Kier alpha value is -3.87. The lowest BCUT2D eigenvalue weighted by Crippen LogP contribution is -2.50. The van der Waals surface area contributed by atoms with Crippen LogP contribution in [0, 0.1) is 5.92 Å². The second-order valence-corrected chi connectivity index (χ2v) is 8.10. The van der Waals surface area contributed by atoms with Gasteiger partial charge in [-0.3, -0.25) is 9.59 Å². The summed E-state index contributed by atoms with van der Waals surface area (Å²) < 4.78 is 15.8. The first-order valence-corrected chi connectivity index (χ1v) is 10.8. The number of ether oxygens (including phenoxy) is 2. The van der Waals surface area contributed by atoms with Crippen LogP contribution in [0.1, 0.15) is 29.2 Å². The van der Waals surface area contributed by atoms with Crippen molar-refractivity contribution < 1.29 is 23.6 Å². The average molecular weight is 483 g/mol. The van der Waals surface area contributed by atoms with Crippen LogP contribution in [0.25, 0.3) is 11.4 Å². The molecule has 0 spiro atoms. The molecule has 1 aliphatic rings. The van der Waals surface area contributed by atoms with E-state index in [1.54, 1.807) is 18.2 Å². The van der Waals surface area contributed by atoms with Gasteiger partial charge in [0.25, 0.3) is 11.8 Å². The molecule has 0 aliphatic heterocycles. The highest BCUT2D eigenvalue weighted by Gasteiger charge is 2.30. The first kappa shape index (κ1) is 25.2. The Morgan fingerprint density at radius 1 is 1.17 bits per heavy atom. The molecular weight excluding hydrogens is 463 g/mol. The number of aromatic nitrogens is 4. The van der Waals surface area contributed by atoms with E-state index in [0.29, 0.717) is 17.0 Å². The predicted molar refractivity (Wildman–Crippen MR) is 131 cm³/mol. The maximum Gasteiger partial charge on any atom is 0.272 e. The van der Waals surface area contributed by atoms with Gasteiger partial charge in [-0.05, 0) is 25.0 Å². The number of hydrogen-bond donors (Lipinski definition) is 3. The van der Waals surface area contributed by atoms with Gasteiger partial charge in [-0.1, -0.05) is 16.5 Å². The molecule has 2 heterocycles. The molecular formula is C21H20B3N7O5. The van der Waals surface area contributed by atoms with Crippen LogP contribution in [0.4, 0.5) is 17.2 Å². The van der Waals surface area contributed by atoms with Crippen molar-refractivity contribution in [3.8, 4) is 17.1 Å². The number of nitrogens with one attached hydrogen (secondary N) is 3. The van der Waals surface area contributed by atoms with Gasteiger partial charge in [0.05, 0.1) is 47.6 Å². The van der Waals surface area contributed by atoms with Crippen LogP contribution >= 0.6 is 0 Å². The fourth-order valence-electron chi connectivity index (χ4n) is 3.27. The Kier molecular flexibility index (Phi) is 7.29. The third-order valence-electron chi connectivity index (χ3n) is 5.00. The summed E-state index contributed by atoms with van der Waals surface area (Å²) in [5.41, 5.74) is 0.920. The normalized spacial score (nSPS) is 13.2. The lowest BCUT2D eigenvalue weighted by Gasteiger charge is -2.23. The predicted octanol–water partition coefficient (Wildman–Crippen LogP) is 0.620. The summed E-state index contributed by atoms with van der Waals surface area (Å²) in [6.45, 7) is 0.148. The fourth-order valence-corrected chi connectivity index (χ4v) is 3.27. The molecule has 1 fully saturated rings. The van der Waals surface area contributed by atoms with Crippen molar-refractivity contribution in [1.82, 2.24) is 25.7 Å². The van der Waals surface area contributed by atoms with Gasteiger partial charge >= 0.3 is 0 Å². The Morgan fingerprint density at radius 3 is 2.61 bits per heavy atom. The number of methoxy groups -OCH3 is 2. The number of rotatable bonds is 10. The van der Waals surface area contributed by atoms with Crippen molar-refractivity contribution in [2.45, 2.75) is 24.7 Å². The summed E-state index contributed by atoms with van der Waals surface area (Å²) in [7, 11) is 19.5. The maximum atomic E-state index is 12.8. The minimum absolute atomic E-state index is 0.0618. The highest BCUT2D eigenvalue weighted by atomic mass is 16.5. The van der Waals surface area contributed by atoms with E-state index >= 15 is 0 Å².